The van der Waals surface area contributed by atoms with Gasteiger partial charge < -0.3 is 31.1 Å². The third-order valence-corrected chi connectivity index (χ3v) is 3.16. The Morgan fingerprint density at radius 3 is 2.42 bits per heavy atom. The lowest BCUT2D eigenvalue weighted by Gasteiger charge is -2.10. The average molecular weight is 380 g/mol. The first-order valence-electron chi connectivity index (χ1n) is 7.23. The van der Waals surface area contributed by atoms with Gasteiger partial charge in [0.25, 0.3) is 0 Å². The van der Waals surface area contributed by atoms with Crippen LogP contribution in [0.5, 0.6) is 0 Å². The number of aromatic nitrogens is 4. The molecule has 3 aromatic rings. The van der Waals surface area contributed by atoms with E-state index in [1.54, 1.807) is 0 Å². The lowest BCUT2D eigenvalue weighted by Crippen LogP contribution is -2.34. The van der Waals surface area contributed by atoms with E-state index in [0.29, 0.717) is 17.6 Å². The molecule has 11 nitrogen and oxygen atoms in total. The van der Waals surface area contributed by atoms with Crippen LogP contribution in [0, 0.1) is 0 Å². The Kier molecular flexibility index (Phi) is 6.14. The van der Waals surface area contributed by atoms with Gasteiger partial charge in [0, 0.05) is 0 Å². The molecule has 2 heterocycles. The predicted octanol–water partition coefficient (Wildman–Crippen LogP) is -0.241. The number of ketones is 1. The molecule has 0 aliphatic heterocycles. The number of carbonyl (C=O) groups is 1. The van der Waals surface area contributed by atoms with Crippen molar-refractivity contribution in [3.63, 3.8) is 0 Å². The number of H-pyrrole nitrogens is 1. The minimum Gasteiger partial charge on any atom is -0.382 e. The molecule has 0 aliphatic carbocycles. The SMILES string of the molecule is Nc1nc(C(=O)C(N)Cc2ccccc2)nc2[nH]cnc12.O=P(O)(O)O. The topological polar surface area (TPSA) is 201 Å². The van der Waals surface area contributed by atoms with Gasteiger partial charge in [-0.05, 0) is 12.0 Å². The average Bonchev–Trinajstić information content (AvgIpc) is 3.02. The zero-order valence-electron chi connectivity index (χ0n) is 13.4. The van der Waals surface area contributed by atoms with E-state index in [0.717, 1.165) is 5.56 Å². The molecule has 1 unspecified atom stereocenters. The van der Waals surface area contributed by atoms with E-state index in [9.17, 15) is 4.79 Å². The second-order valence-corrected chi connectivity index (χ2v) is 6.23. The summed E-state index contributed by atoms with van der Waals surface area (Å²) in [6.07, 6.45) is 1.87. The summed E-state index contributed by atoms with van der Waals surface area (Å²) in [4.78, 5) is 48.8. The fraction of sp³-hybridized carbons (Fsp3) is 0.143. The van der Waals surface area contributed by atoms with Crippen molar-refractivity contribution in [2.24, 2.45) is 5.73 Å². The van der Waals surface area contributed by atoms with Crippen LogP contribution in [0.3, 0.4) is 0 Å². The Balaban J connectivity index is 0.000000431. The third kappa shape index (κ3) is 5.69. The summed E-state index contributed by atoms with van der Waals surface area (Å²) in [6.45, 7) is 0. The Bertz CT molecular complexity index is 933. The molecule has 0 saturated heterocycles. The maximum absolute atomic E-state index is 12.3. The molecule has 26 heavy (non-hydrogen) atoms. The van der Waals surface area contributed by atoms with Crippen molar-refractivity contribution in [2.75, 3.05) is 5.73 Å². The lowest BCUT2D eigenvalue weighted by atomic mass is 10.0. The van der Waals surface area contributed by atoms with E-state index in [1.807, 2.05) is 30.3 Å². The molecule has 3 rings (SSSR count). The highest BCUT2D eigenvalue weighted by Gasteiger charge is 2.21. The summed E-state index contributed by atoms with van der Waals surface area (Å²) >= 11 is 0. The molecule has 138 valence electrons. The van der Waals surface area contributed by atoms with Crippen LogP contribution in [0.1, 0.15) is 16.2 Å². The van der Waals surface area contributed by atoms with E-state index in [-0.39, 0.29) is 17.4 Å². The number of Topliss-reactive ketones (excluding diaryl/α,β-unsaturated/α-hetero) is 1. The van der Waals surface area contributed by atoms with Gasteiger partial charge in [-0.3, -0.25) is 4.79 Å². The number of rotatable bonds is 4. The van der Waals surface area contributed by atoms with Crippen LogP contribution in [0.4, 0.5) is 5.82 Å². The van der Waals surface area contributed by atoms with Gasteiger partial charge in [0.2, 0.25) is 11.6 Å². The van der Waals surface area contributed by atoms with Gasteiger partial charge in [-0.25, -0.2) is 19.5 Å². The Morgan fingerprint density at radius 2 is 1.81 bits per heavy atom. The molecule has 0 bridgehead atoms. The van der Waals surface area contributed by atoms with Crippen molar-refractivity contribution in [3.8, 4) is 0 Å². The molecule has 0 amide bonds. The molecule has 2 aromatic heterocycles. The van der Waals surface area contributed by atoms with Crippen molar-refractivity contribution >= 4 is 30.6 Å². The summed E-state index contributed by atoms with van der Waals surface area (Å²) in [5.41, 5.74) is 13.6. The van der Waals surface area contributed by atoms with Crippen molar-refractivity contribution in [3.05, 3.63) is 48.0 Å². The van der Waals surface area contributed by atoms with Gasteiger partial charge in [0.05, 0.1) is 12.4 Å². The first kappa shape index (κ1) is 19.6. The third-order valence-electron chi connectivity index (χ3n) is 3.16. The van der Waals surface area contributed by atoms with Gasteiger partial charge in [0.15, 0.2) is 11.5 Å². The second-order valence-electron chi connectivity index (χ2n) is 5.21. The zero-order chi connectivity index (χ0) is 19.3. The number of imidazole rings is 1. The van der Waals surface area contributed by atoms with Crippen LogP contribution < -0.4 is 11.5 Å². The quantitative estimate of drug-likeness (QED) is 0.259. The van der Waals surface area contributed by atoms with E-state index in [4.69, 9.17) is 30.7 Å². The minimum absolute atomic E-state index is 0.00711. The normalized spacial score (nSPS) is 12.3. The molecule has 8 N–H and O–H groups in total. The molecule has 12 heteroatoms. The number of aromatic amines is 1. The fourth-order valence-electron chi connectivity index (χ4n) is 2.09. The fourth-order valence-corrected chi connectivity index (χ4v) is 2.09. The number of benzene rings is 1. The molecular formula is C14H17N6O5P. The standard InChI is InChI=1S/C14H14N6O.H3O4P/c15-9(6-8-4-2-1-3-5-8)11(21)14-19-12(16)10-13(20-14)18-7-17-10;1-5(2,3)4/h1-5,7,9H,6,15H2,(H3,16,17,18,19,20);(H3,1,2,3,4). The number of hydrogen-bond donors (Lipinski definition) is 6. The van der Waals surface area contributed by atoms with Crippen LogP contribution in [0.25, 0.3) is 11.2 Å². The molecule has 0 fully saturated rings. The number of carbonyl (C=O) groups excluding carboxylic acids is 1. The zero-order valence-corrected chi connectivity index (χ0v) is 14.2. The van der Waals surface area contributed by atoms with E-state index < -0.39 is 13.9 Å². The monoisotopic (exact) mass is 380 g/mol. The molecule has 0 saturated carbocycles. The summed E-state index contributed by atoms with van der Waals surface area (Å²) < 4.78 is 8.88. The molecular weight excluding hydrogens is 363 g/mol. The van der Waals surface area contributed by atoms with Crippen LogP contribution in [0.2, 0.25) is 0 Å². The number of nitrogens with zero attached hydrogens (tertiary/aromatic N) is 3. The predicted molar refractivity (Wildman–Crippen MR) is 92.8 cm³/mol. The molecule has 0 aliphatic rings. The Morgan fingerprint density at radius 1 is 1.19 bits per heavy atom. The number of nitrogen functional groups attached to an aromatic ring is 1. The maximum atomic E-state index is 12.3. The summed E-state index contributed by atoms with van der Waals surface area (Å²) in [7, 11) is -4.64. The first-order valence-corrected chi connectivity index (χ1v) is 8.80. The van der Waals surface area contributed by atoms with Gasteiger partial charge in [-0.1, -0.05) is 30.3 Å². The van der Waals surface area contributed by atoms with Crippen LogP contribution in [-0.4, -0.2) is 46.4 Å². The largest absolute Gasteiger partial charge is 0.466 e. The lowest BCUT2D eigenvalue weighted by molar-refractivity contribution is 0.0951. The highest BCUT2D eigenvalue weighted by molar-refractivity contribution is 7.45. The number of hydrogen-bond acceptors (Lipinski definition) is 7. The molecule has 1 atom stereocenters. The van der Waals surface area contributed by atoms with Crippen LogP contribution >= 0.6 is 7.82 Å². The Hall–Kier alpha value is -2.69. The number of nitrogens with two attached hydrogens (primary N) is 2. The number of phosphoric acid groups is 1. The van der Waals surface area contributed by atoms with Crippen molar-refractivity contribution < 1.29 is 24.0 Å². The van der Waals surface area contributed by atoms with E-state index >= 15 is 0 Å². The maximum Gasteiger partial charge on any atom is 0.466 e. The van der Waals surface area contributed by atoms with Gasteiger partial charge in [0.1, 0.15) is 5.52 Å². The Labute approximate surface area is 147 Å². The van der Waals surface area contributed by atoms with Crippen molar-refractivity contribution in [1.82, 2.24) is 19.9 Å². The van der Waals surface area contributed by atoms with Crippen LogP contribution in [0.15, 0.2) is 36.7 Å². The van der Waals surface area contributed by atoms with Gasteiger partial charge in [-0.15, -0.1) is 0 Å². The van der Waals surface area contributed by atoms with Crippen molar-refractivity contribution in [2.45, 2.75) is 12.5 Å². The highest BCUT2D eigenvalue weighted by atomic mass is 31.2. The highest BCUT2D eigenvalue weighted by Crippen LogP contribution is 2.25. The molecule has 0 radical (unpaired) electrons. The number of anilines is 1. The summed E-state index contributed by atoms with van der Waals surface area (Å²) in [5.74, 6) is -0.175. The summed E-state index contributed by atoms with van der Waals surface area (Å²) in [6, 6.07) is 8.83. The molecule has 1 aromatic carbocycles. The first-order chi connectivity index (χ1) is 12.1. The molecule has 0 spiro atoms. The second kappa shape index (κ2) is 8.13. The number of nitrogens with one attached hydrogen (secondary N) is 1. The van der Waals surface area contributed by atoms with Gasteiger partial charge in [-0.2, -0.15) is 0 Å². The number of fused-ring (bicyclic) bond motifs is 1. The summed E-state index contributed by atoms with van der Waals surface area (Å²) in [5, 5.41) is 0. The van der Waals surface area contributed by atoms with Crippen molar-refractivity contribution in [1.29, 1.82) is 0 Å². The van der Waals surface area contributed by atoms with Gasteiger partial charge >= 0.3 is 7.82 Å². The van der Waals surface area contributed by atoms with Crippen LogP contribution in [-0.2, 0) is 11.0 Å². The van der Waals surface area contributed by atoms with E-state index in [1.165, 1.54) is 6.33 Å². The minimum atomic E-state index is -4.64. The smallest absolute Gasteiger partial charge is 0.382 e. The van der Waals surface area contributed by atoms with E-state index in [2.05, 4.69) is 19.9 Å².